The quantitative estimate of drug-likeness (QED) is 0.427. The second-order valence-electron chi connectivity index (χ2n) is 2.44. The minimum absolute atomic E-state index is 0.875. The van der Waals surface area contributed by atoms with Crippen LogP contribution in [-0.2, 0) is 0 Å². The van der Waals surface area contributed by atoms with Crippen LogP contribution in [0.15, 0.2) is 24.3 Å². The number of hydrogen-bond acceptors (Lipinski definition) is 0. The second-order valence-corrected chi connectivity index (χ2v) is 2.44. The zero-order chi connectivity index (χ0) is 4.85. The summed E-state index contributed by atoms with van der Waals surface area (Å²) < 4.78 is 0. The van der Waals surface area contributed by atoms with Crippen molar-refractivity contribution in [1.29, 1.82) is 0 Å². The molecule has 0 aromatic rings. The maximum absolute atomic E-state index is 3.89. The zero-order valence-electron chi connectivity index (χ0n) is 4.22. The van der Waals surface area contributed by atoms with Gasteiger partial charge in [-0.15, -0.1) is 0 Å². The van der Waals surface area contributed by atoms with Gasteiger partial charge in [-0.25, -0.2) is 0 Å². The lowest BCUT2D eigenvalue weighted by molar-refractivity contribution is 1.01. The molecule has 1 saturated carbocycles. The fourth-order valence-electron chi connectivity index (χ4n) is 1.22. The first-order chi connectivity index (χ1) is 3.38. The first-order valence-corrected chi connectivity index (χ1v) is 2.75. The van der Waals surface area contributed by atoms with Crippen molar-refractivity contribution in [2.45, 2.75) is 6.42 Å². The van der Waals surface area contributed by atoms with Gasteiger partial charge >= 0.3 is 0 Å². The van der Waals surface area contributed by atoms with Crippen molar-refractivity contribution in [3.63, 3.8) is 0 Å². The predicted octanol–water partition coefficient (Wildman–Crippen LogP) is 1.75. The Kier molecular flexibility index (Phi) is 0.415. The average molecular weight is 92.1 g/mol. The minimum Gasteiger partial charge on any atom is -0.0955 e. The van der Waals surface area contributed by atoms with Crippen LogP contribution < -0.4 is 0 Å². The van der Waals surface area contributed by atoms with Gasteiger partial charge in [0.05, 0.1) is 0 Å². The van der Waals surface area contributed by atoms with Gasteiger partial charge in [0.25, 0.3) is 0 Å². The summed E-state index contributed by atoms with van der Waals surface area (Å²) in [6.45, 7) is 3.89. The van der Waals surface area contributed by atoms with E-state index in [4.69, 9.17) is 0 Å². The molecule has 0 N–H and O–H groups in total. The summed E-state index contributed by atoms with van der Waals surface area (Å²) >= 11 is 0. The molecular formula is C7H8. The monoisotopic (exact) mass is 92.1 g/mol. The smallest absolute Gasteiger partial charge is 0.00988 e. The summed E-state index contributed by atoms with van der Waals surface area (Å²) in [6, 6.07) is 0. The lowest BCUT2D eigenvalue weighted by Gasteiger charge is -1.83. The van der Waals surface area contributed by atoms with Crippen LogP contribution in [-0.4, -0.2) is 0 Å². The van der Waals surface area contributed by atoms with Gasteiger partial charge in [0.1, 0.15) is 0 Å². The van der Waals surface area contributed by atoms with E-state index in [9.17, 15) is 0 Å². The molecule has 36 valence electrons. The van der Waals surface area contributed by atoms with E-state index in [0.717, 1.165) is 11.8 Å². The number of fused-ring (bicyclic) bond motifs is 1. The Balaban J connectivity index is 2.37. The molecule has 2 rings (SSSR count). The van der Waals surface area contributed by atoms with Crippen LogP contribution in [0.5, 0.6) is 0 Å². The molecule has 0 radical (unpaired) electrons. The third-order valence-electron chi connectivity index (χ3n) is 1.87. The Labute approximate surface area is 43.5 Å². The molecule has 0 nitrogen and oxygen atoms in total. The van der Waals surface area contributed by atoms with Gasteiger partial charge in [-0.1, -0.05) is 24.3 Å². The van der Waals surface area contributed by atoms with Gasteiger partial charge in [0.15, 0.2) is 0 Å². The Hall–Kier alpha value is -0.520. The maximum atomic E-state index is 3.89. The van der Waals surface area contributed by atoms with E-state index >= 15 is 0 Å². The van der Waals surface area contributed by atoms with E-state index in [1.807, 2.05) is 0 Å². The fraction of sp³-hybridized carbons (Fsp3) is 0.429. The molecule has 0 aromatic carbocycles. The molecule has 0 amide bonds. The van der Waals surface area contributed by atoms with E-state index in [0.29, 0.717) is 0 Å². The Bertz CT molecular complexity index is 142. The molecule has 0 heteroatoms. The standard InChI is InChI=1S/C7H8/c1-5-2-3-6-4-7(5)6/h2-3,6-7H,1,4H2/t6-,7-/m0/s1. The molecule has 0 saturated heterocycles. The van der Waals surface area contributed by atoms with Gasteiger partial charge < -0.3 is 0 Å². The third-order valence-corrected chi connectivity index (χ3v) is 1.87. The van der Waals surface area contributed by atoms with Crippen LogP contribution in [0, 0.1) is 11.8 Å². The molecule has 1 fully saturated rings. The van der Waals surface area contributed by atoms with Crippen molar-refractivity contribution in [2.75, 3.05) is 0 Å². The summed E-state index contributed by atoms with van der Waals surface area (Å²) in [5, 5.41) is 0. The van der Waals surface area contributed by atoms with Crippen molar-refractivity contribution in [1.82, 2.24) is 0 Å². The summed E-state index contributed by atoms with van der Waals surface area (Å²) in [7, 11) is 0. The third kappa shape index (κ3) is 0.317. The zero-order valence-corrected chi connectivity index (χ0v) is 4.22. The van der Waals surface area contributed by atoms with Crippen molar-refractivity contribution < 1.29 is 0 Å². The van der Waals surface area contributed by atoms with Crippen LogP contribution in [0.4, 0.5) is 0 Å². The summed E-state index contributed by atoms with van der Waals surface area (Å²) in [6.07, 6.45) is 5.81. The van der Waals surface area contributed by atoms with Gasteiger partial charge in [-0.3, -0.25) is 0 Å². The molecule has 0 aliphatic heterocycles. The topological polar surface area (TPSA) is 0 Å². The van der Waals surface area contributed by atoms with Gasteiger partial charge in [0.2, 0.25) is 0 Å². The number of allylic oxidation sites excluding steroid dienone is 3. The van der Waals surface area contributed by atoms with E-state index in [1.165, 1.54) is 12.0 Å². The van der Waals surface area contributed by atoms with E-state index in [1.54, 1.807) is 0 Å². The molecule has 2 atom stereocenters. The molecule has 7 heavy (non-hydrogen) atoms. The normalized spacial score (nSPS) is 44.3. The fourth-order valence-corrected chi connectivity index (χ4v) is 1.22. The largest absolute Gasteiger partial charge is 0.0955 e. The highest BCUT2D eigenvalue weighted by Gasteiger charge is 2.39. The van der Waals surface area contributed by atoms with Crippen molar-refractivity contribution in [3.8, 4) is 0 Å². The van der Waals surface area contributed by atoms with Crippen LogP contribution in [0.25, 0.3) is 0 Å². The average Bonchev–Trinajstić information content (AvgIpc) is 2.33. The minimum atomic E-state index is 0.875. The number of hydrogen-bond donors (Lipinski definition) is 0. The van der Waals surface area contributed by atoms with E-state index < -0.39 is 0 Å². The lowest BCUT2D eigenvalue weighted by atomic mass is 10.2. The van der Waals surface area contributed by atoms with E-state index in [-0.39, 0.29) is 0 Å². The van der Waals surface area contributed by atoms with Crippen LogP contribution in [0.2, 0.25) is 0 Å². The molecule has 2 aliphatic carbocycles. The predicted molar refractivity (Wildman–Crippen MR) is 29.9 cm³/mol. The summed E-state index contributed by atoms with van der Waals surface area (Å²) in [4.78, 5) is 0. The summed E-state index contributed by atoms with van der Waals surface area (Å²) in [5.41, 5.74) is 1.35. The van der Waals surface area contributed by atoms with E-state index in [2.05, 4.69) is 18.7 Å². The first kappa shape index (κ1) is 3.48. The second kappa shape index (κ2) is 0.835. The Morgan fingerprint density at radius 2 is 2.57 bits per heavy atom. The molecule has 2 aliphatic rings. The van der Waals surface area contributed by atoms with Crippen LogP contribution in [0.3, 0.4) is 0 Å². The Morgan fingerprint density at radius 3 is 2.71 bits per heavy atom. The first-order valence-electron chi connectivity index (χ1n) is 2.75. The maximum Gasteiger partial charge on any atom is -0.00988 e. The van der Waals surface area contributed by atoms with Gasteiger partial charge in [0, 0.05) is 0 Å². The van der Waals surface area contributed by atoms with Crippen molar-refractivity contribution >= 4 is 0 Å². The van der Waals surface area contributed by atoms with Gasteiger partial charge in [-0.05, 0) is 18.3 Å². The lowest BCUT2D eigenvalue weighted by Crippen LogP contribution is -1.69. The molecule has 0 spiro atoms. The van der Waals surface area contributed by atoms with Gasteiger partial charge in [-0.2, -0.15) is 0 Å². The van der Waals surface area contributed by atoms with Crippen LogP contribution in [0.1, 0.15) is 6.42 Å². The van der Waals surface area contributed by atoms with Crippen molar-refractivity contribution in [2.24, 2.45) is 11.8 Å². The molecule has 0 unspecified atom stereocenters. The summed E-state index contributed by atoms with van der Waals surface area (Å²) in [5.74, 6) is 1.78. The SMILES string of the molecule is C=C1C=C[C@H]2C[C@@H]12. The van der Waals surface area contributed by atoms with Crippen molar-refractivity contribution in [3.05, 3.63) is 24.3 Å². The molecular weight excluding hydrogens is 84.1 g/mol. The van der Waals surface area contributed by atoms with Crippen LogP contribution >= 0.6 is 0 Å². The Morgan fingerprint density at radius 1 is 1.71 bits per heavy atom. The highest BCUT2D eigenvalue weighted by molar-refractivity contribution is 5.34. The molecule has 0 bridgehead atoms. The molecule has 0 heterocycles. The number of rotatable bonds is 0. The highest BCUT2D eigenvalue weighted by Crippen LogP contribution is 2.49. The highest BCUT2D eigenvalue weighted by atomic mass is 14.4. The molecule has 0 aromatic heterocycles.